The standard InChI is InChI=1S/C27H30N2O7/c1-4-28(5-2)12-13-29-23(17-6-8-18(9-7-17)27(33)34-3)22(25(31)26(29)32)24(30)19-10-11-20-21(16-19)36-15-14-35-20/h6-11,16,23,30H,4-5,12-15H2,1-3H3/t23-/m1/s1. The zero-order valence-corrected chi connectivity index (χ0v) is 20.7. The molecule has 2 aliphatic heterocycles. The zero-order valence-electron chi connectivity index (χ0n) is 20.7. The Morgan fingerprint density at radius 1 is 1.03 bits per heavy atom. The van der Waals surface area contributed by atoms with Crippen LogP contribution >= 0.6 is 0 Å². The second-order valence-electron chi connectivity index (χ2n) is 8.49. The molecule has 0 unspecified atom stereocenters. The first kappa shape index (κ1) is 25.2. The highest BCUT2D eigenvalue weighted by atomic mass is 16.6. The number of carbonyl (C=O) groups is 3. The first-order valence-electron chi connectivity index (χ1n) is 12.0. The van der Waals surface area contributed by atoms with E-state index in [2.05, 4.69) is 4.90 Å². The van der Waals surface area contributed by atoms with Gasteiger partial charge in [0.2, 0.25) is 0 Å². The number of benzene rings is 2. The van der Waals surface area contributed by atoms with Crippen LogP contribution in [-0.4, -0.2) is 79.1 Å². The maximum Gasteiger partial charge on any atom is 0.337 e. The highest BCUT2D eigenvalue weighted by Gasteiger charge is 2.46. The average molecular weight is 495 g/mol. The van der Waals surface area contributed by atoms with Crippen molar-refractivity contribution in [2.45, 2.75) is 19.9 Å². The van der Waals surface area contributed by atoms with E-state index in [1.165, 1.54) is 12.0 Å². The number of carbonyl (C=O) groups excluding carboxylic acids is 3. The molecule has 0 aliphatic carbocycles. The number of nitrogens with zero attached hydrogens (tertiary/aromatic N) is 2. The van der Waals surface area contributed by atoms with E-state index in [1.807, 2.05) is 13.8 Å². The summed E-state index contributed by atoms with van der Waals surface area (Å²) in [6.07, 6.45) is 0. The van der Waals surface area contributed by atoms with E-state index >= 15 is 0 Å². The van der Waals surface area contributed by atoms with Gasteiger partial charge < -0.3 is 29.1 Å². The first-order chi connectivity index (χ1) is 17.4. The van der Waals surface area contributed by atoms with Crippen LogP contribution in [0.4, 0.5) is 0 Å². The fourth-order valence-electron chi connectivity index (χ4n) is 4.51. The van der Waals surface area contributed by atoms with E-state index in [1.54, 1.807) is 42.5 Å². The van der Waals surface area contributed by atoms with E-state index in [0.717, 1.165) is 13.1 Å². The van der Waals surface area contributed by atoms with Crippen molar-refractivity contribution >= 4 is 23.4 Å². The maximum absolute atomic E-state index is 13.3. The molecule has 1 saturated heterocycles. The molecule has 2 heterocycles. The lowest BCUT2D eigenvalue weighted by Crippen LogP contribution is -2.38. The summed E-state index contributed by atoms with van der Waals surface area (Å²) in [5, 5.41) is 11.3. The molecular formula is C27H30N2O7. The van der Waals surface area contributed by atoms with Crippen molar-refractivity contribution in [2.75, 3.05) is 46.5 Å². The van der Waals surface area contributed by atoms with E-state index in [9.17, 15) is 19.5 Å². The third kappa shape index (κ3) is 4.79. The molecule has 9 nitrogen and oxygen atoms in total. The van der Waals surface area contributed by atoms with Crippen molar-refractivity contribution in [3.8, 4) is 11.5 Å². The SMILES string of the molecule is CCN(CC)CCN1C(=O)C(=O)C(=C(O)c2ccc3c(c2)OCCO3)[C@H]1c1ccc(C(=O)OC)cc1. The minimum Gasteiger partial charge on any atom is -0.507 e. The van der Waals surface area contributed by atoms with Gasteiger partial charge >= 0.3 is 5.97 Å². The highest BCUT2D eigenvalue weighted by molar-refractivity contribution is 6.46. The van der Waals surface area contributed by atoms with Gasteiger partial charge in [0.25, 0.3) is 11.7 Å². The number of likely N-dealkylation sites (tertiary alicyclic amines) is 1. The molecule has 0 spiro atoms. The van der Waals surface area contributed by atoms with E-state index in [-0.39, 0.29) is 11.3 Å². The average Bonchev–Trinajstić information content (AvgIpc) is 3.17. The molecule has 0 saturated carbocycles. The molecule has 190 valence electrons. The summed E-state index contributed by atoms with van der Waals surface area (Å²) >= 11 is 0. The van der Waals surface area contributed by atoms with Gasteiger partial charge in [-0.25, -0.2) is 4.79 Å². The Hall–Kier alpha value is -3.85. The van der Waals surface area contributed by atoms with E-state index in [4.69, 9.17) is 14.2 Å². The summed E-state index contributed by atoms with van der Waals surface area (Å²) in [7, 11) is 1.30. The molecule has 0 radical (unpaired) electrons. The van der Waals surface area contributed by atoms with Crippen LogP contribution in [0.25, 0.3) is 5.76 Å². The number of aliphatic hydroxyl groups is 1. The summed E-state index contributed by atoms with van der Waals surface area (Å²) < 4.78 is 15.9. The number of esters is 1. The Bertz CT molecular complexity index is 1190. The van der Waals surface area contributed by atoms with Gasteiger partial charge in [-0.05, 0) is 49.0 Å². The van der Waals surface area contributed by atoms with Crippen LogP contribution in [0.1, 0.15) is 41.4 Å². The summed E-state index contributed by atoms with van der Waals surface area (Å²) in [4.78, 5) is 42.0. The second kappa shape index (κ2) is 10.8. The van der Waals surface area contributed by atoms with Crippen LogP contribution in [0.5, 0.6) is 11.5 Å². The van der Waals surface area contributed by atoms with Crippen molar-refractivity contribution in [3.63, 3.8) is 0 Å². The predicted molar refractivity (Wildman–Crippen MR) is 132 cm³/mol. The van der Waals surface area contributed by atoms with Crippen LogP contribution in [0, 0.1) is 0 Å². The summed E-state index contributed by atoms with van der Waals surface area (Å²) in [5.41, 5.74) is 1.27. The molecule has 4 rings (SSSR count). The van der Waals surface area contributed by atoms with Gasteiger partial charge in [-0.15, -0.1) is 0 Å². The molecule has 0 bridgehead atoms. The number of rotatable bonds is 8. The van der Waals surface area contributed by atoms with Crippen LogP contribution in [-0.2, 0) is 14.3 Å². The lowest BCUT2D eigenvalue weighted by atomic mass is 9.94. The number of amides is 1. The normalized spacial score (nSPS) is 18.6. The number of hydrogen-bond donors (Lipinski definition) is 1. The lowest BCUT2D eigenvalue weighted by molar-refractivity contribution is -0.140. The highest BCUT2D eigenvalue weighted by Crippen LogP contribution is 2.41. The number of aliphatic hydroxyl groups excluding tert-OH is 1. The number of Topliss-reactive ketones (excluding diaryl/α,β-unsaturated/α-hetero) is 1. The molecule has 36 heavy (non-hydrogen) atoms. The number of methoxy groups -OCH3 is 1. The summed E-state index contributed by atoms with van der Waals surface area (Å²) in [6.45, 7) is 7.34. The number of likely N-dealkylation sites (N-methyl/N-ethyl adjacent to an activating group) is 1. The largest absolute Gasteiger partial charge is 0.507 e. The van der Waals surface area contributed by atoms with Crippen molar-refractivity contribution < 1.29 is 33.7 Å². The Morgan fingerprint density at radius 2 is 1.67 bits per heavy atom. The second-order valence-corrected chi connectivity index (χ2v) is 8.49. The smallest absolute Gasteiger partial charge is 0.337 e. The van der Waals surface area contributed by atoms with Crippen molar-refractivity contribution in [2.24, 2.45) is 0 Å². The van der Waals surface area contributed by atoms with Crippen molar-refractivity contribution in [1.29, 1.82) is 0 Å². The third-order valence-corrected chi connectivity index (χ3v) is 6.55. The third-order valence-electron chi connectivity index (χ3n) is 6.55. The van der Waals surface area contributed by atoms with Crippen LogP contribution in [0.15, 0.2) is 48.0 Å². The molecule has 2 aromatic rings. The Kier molecular flexibility index (Phi) is 7.59. The van der Waals surface area contributed by atoms with Crippen molar-refractivity contribution in [1.82, 2.24) is 9.80 Å². The van der Waals surface area contributed by atoms with Gasteiger partial charge in [-0.2, -0.15) is 0 Å². The molecule has 1 atom stereocenters. The summed E-state index contributed by atoms with van der Waals surface area (Å²) in [5.74, 6) is -1.22. The number of fused-ring (bicyclic) bond motifs is 1. The predicted octanol–water partition coefficient (Wildman–Crippen LogP) is 3.01. The van der Waals surface area contributed by atoms with E-state index < -0.39 is 23.7 Å². The van der Waals surface area contributed by atoms with Gasteiger partial charge in [-0.1, -0.05) is 26.0 Å². The van der Waals surface area contributed by atoms with E-state index in [0.29, 0.717) is 54.5 Å². The topological polar surface area (TPSA) is 106 Å². The van der Waals surface area contributed by atoms with Crippen LogP contribution in [0.3, 0.4) is 0 Å². The Balaban J connectivity index is 1.78. The molecule has 1 N–H and O–H groups in total. The monoisotopic (exact) mass is 494 g/mol. The first-order valence-corrected chi connectivity index (χ1v) is 12.0. The molecule has 1 amide bonds. The number of ether oxygens (including phenoxy) is 3. The Morgan fingerprint density at radius 3 is 2.31 bits per heavy atom. The molecular weight excluding hydrogens is 464 g/mol. The van der Waals surface area contributed by atoms with Gasteiger partial charge in [0.05, 0.1) is 24.3 Å². The quantitative estimate of drug-likeness (QED) is 0.258. The van der Waals surface area contributed by atoms with Crippen LogP contribution < -0.4 is 9.47 Å². The molecule has 0 aromatic heterocycles. The van der Waals surface area contributed by atoms with Gasteiger partial charge in [0.15, 0.2) is 11.5 Å². The van der Waals surface area contributed by atoms with Gasteiger partial charge in [0.1, 0.15) is 19.0 Å². The molecule has 2 aromatic carbocycles. The number of ketones is 1. The fourth-order valence-corrected chi connectivity index (χ4v) is 4.51. The van der Waals surface area contributed by atoms with Crippen molar-refractivity contribution in [3.05, 3.63) is 64.7 Å². The van der Waals surface area contributed by atoms with Gasteiger partial charge in [-0.3, -0.25) is 9.59 Å². The molecule has 9 heteroatoms. The fraction of sp³-hybridized carbons (Fsp3) is 0.370. The van der Waals surface area contributed by atoms with Crippen LogP contribution in [0.2, 0.25) is 0 Å². The summed E-state index contributed by atoms with van der Waals surface area (Å²) in [6, 6.07) is 10.6. The Labute approximate surface area is 209 Å². The lowest BCUT2D eigenvalue weighted by Gasteiger charge is -2.28. The van der Waals surface area contributed by atoms with Gasteiger partial charge in [0, 0.05) is 18.7 Å². The minimum absolute atomic E-state index is 0.0120. The zero-order chi connectivity index (χ0) is 25.8. The number of hydrogen-bond acceptors (Lipinski definition) is 8. The molecule has 1 fully saturated rings. The maximum atomic E-state index is 13.3. The molecule has 2 aliphatic rings. The minimum atomic E-state index is -0.819.